The SMILES string of the molecule is BrBr.BrCCCc1ccc(-c2ccc(CCCBr)cc2)cc1.Cc1ccc[n+](CCCc2ccc(-c3ccc(CCC[n+]4cccc(C)c4)cc3)cc2)c1. The molecule has 54 heavy (non-hydrogen) atoms. The highest BCUT2D eigenvalue weighted by atomic mass is 80.9. The molecule has 0 spiro atoms. The van der Waals surface area contributed by atoms with Gasteiger partial charge in [-0.25, -0.2) is 9.13 Å². The van der Waals surface area contributed by atoms with E-state index in [1.54, 1.807) is 0 Å². The molecule has 0 fully saturated rings. The molecule has 0 radical (unpaired) electrons. The molecule has 0 saturated carbocycles. The van der Waals surface area contributed by atoms with Crippen molar-refractivity contribution < 1.29 is 9.13 Å². The molecule has 6 aromatic rings. The molecule has 0 aliphatic carbocycles. The minimum Gasteiger partial charge on any atom is -0.205 e. The normalized spacial score (nSPS) is 10.6. The van der Waals surface area contributed by atoms with Crippen LogP contribution in [0.15, 0.2) is 146 Å². The van der Waals surface area contributed by atoms with Gasteiger partial charge in [-0.15, -0.1) is 0 Å². The molecule has 0 aliphatic rings. The molecule has 0 amide bonds. The van der Waals surface area contributed by atoms with Gasteiger partial charge in [0.25, 0.3) is 0 Å². The Morgan fingerprint density at radius 2 is 0.667 bits per heavy atom. The number of nitrogens with zero attached hydrogens (tertiary/aromatic N) is 2. The molecule has 6 rings (SSSR count). The summed E-state index contributed by atoms with van der Waals surface area (Å²) in [6.45, 7) is 6.42. The van der Waals surface area contributed by atoms with Gasteiger partial charge in [-0.1, -0.05) is 129 Å². The predicted octanol–water partition coefficient (Wildman–Crippen LogP) is 13.5. The lowest BCUT2D eigenvalue weighted by atomic mass is 10.00. The van der Waals surface area contributed by atoms with Gasteiger partial charge < -0.3 is 0 Å². The van der Waals surface area contributed by atoms with Crippen molar-refractivity contribution in [2.75, 3.05) is 10.7 Å². The van der Waals surface area contributed by atoms with Crippen LogP contribution in [-0.2, 0) is 38.8 Å². The van der Waals surface area contributed by atoms with E-state index in [1.807, 2.05) is 0 Å². The van der Waals surface area contributed by atoms with Gasteiger partial charge in [-0.2, -0.15) is 0 Å². The summed E-state index contributed by atoms with van der Waals surface area (Å²) in [6.07, 6.45) is 18.0. The zero-order chi connectivity index (χ0) is 38.4. The molecule has 0 bridgehead atoms. The maximum absolute atomic E-state index is 3.48. The number of benzene rings is 4. The van der Waals surface area contributed by atoms with Crippen molar-refractivity contribution in [3.8, 4) is 22.3 Å². The zero-order valence-corrected chi connectivity index (χ0v) is 38.1. The number of halogens is 4. The molecule has 0 atom stereocenters. The van der Waals surface area contributed by atoms with E-state index in [4.69, 9.17) is 0 Å². The lowest BCUT2D eigenvalue weighted by Crippen LogP contribution is -2.33. The van der Waals surface area contributed by atoms with Gasteiger partial charge >= 0.3 is 0 Å². The van der Waals surface area contributed by atoms with Crippen LogP contribution in [0.2, 0.25) is 0 Å². The fourth-order valence-electron chi connectivity index (χ4n) is 6.51. The summed E-state index contributed by atoms with van der Waals surface area (Å²) in [5, 5.41) is 2.15. The van der Waals surface area contributed by atoms with Crippen LogP contribution < -0.4 is 9.13 Å². The van der Waals surface area contributed by atoms with Crippen LogP contribution in [0.3, 0.4) is 0 Å². The number of rotatable bonds is 16. The number of aromatic nitrogens is 2. The van der Waals surface area contributed by atoms with Crippen molar-refractivity contribution in [2.45, 2.75) is 78.3 Å². The number of aryl methyl sites for hydroxylation is 8. The number of hydrogen-bond donors (Lipinski definition) is 0. The Bertz CT molecular complexity index is 1760. The lowest BCUT2D eigenvalue weighted by Gasteiger charge is -2.06. The summed E-state index contributed by atoms with van der Waals surface area (Å²) < 4.78 is 4.57. The van der Waals surface area contributed by atoms with Gasteiger partial charge in [0.2, 0.25) is 0 Å². The molecule has 2 nitrogen and oxygen atoms in total. The first-order chi connectivity index (χ1) is 26.5. The van der Waals surface area contributed by atoms with Crippen molar-refractivity contribution in [1.29, 1.82) is 0 Å². The standard InChI is InChI=1S/C30H34N2.C18H20Br2.Br2/c1-25-7-3-19-31(23-25)21-5-9-27-11-15-29(16-12-27)30-17-13-28(14-18-30)10-6-22-32-20-4-8-26(2)24-32;19-13-1-3-15-5-9-17(10-6-15)18-11-7-16(8-12-18)4-2-14-20;1-2/h3-4,7-8,11-20,23-24H,5-6,9-10,21-22H2,1-2H3;5-12H,1-4,13-14H2;/q+2;;. The van der Waals surface area contributed by atoms with Crippen LogP contribution in [0, 0.1) is 13.8 Å². The fourth-order valence-corrected chi connectivity index (χ4v) is 7.07. The van der Waals surface area contributed by atoms with E-state index < -0.39 is 0 Å². The minimum absolute atomic E-state index is 1.06. The second kappa shape index (κ2) is 25.3. The van der Waals surface area contributed by atoms with Crippen molar-refractivity contribution >= 4 is 60.1 Å². The molecule has 2 heterocycles. The molecule has 282 valence electrons. The highest BCUT2D eigenvalue weighted by Gasteiger charge is 2.05. The van der Waals surface area contributed by atoms with Gasteiger partial charge in [-0.05, 0) is 109 Å². The van der Waals surface area contributed by atoms with Gasteiger partial charge in [0, 0.05) is 75.0 Å². The van der Waals surface area contributed by atoms with E-state index >= 15 is 0 Å². The summed E-state index contributed by atoms with van der Waals surface area (Å²) in [5.41, 5.74) is 13.5. The third-order valence-electron chi connectivity index (χ3n) is 9.46. The number of hydrogen-bond acceptors (Lipinski definition) is 0. The second-order valence-electron chi connectivity index (χ2n) is 13.8. The molecule has 4 aromatic carbocycles. The van der Waals surface area contributed by atoms with Crippen LogP contribution >= 0.6 is 60.1 Å². The van der Waals surface area contributed by atoms with Gasteiger partial charge in [0.05, 0.1) is 0 Å². The van der Waals surface area contributed by atoms with E-state index in [1.165, 1.54) is 68.5 Å². The van der Waals surface area contributed by atoms with Crippen LogP contribution in [-0.4, -0.2) is 10.7 Å². The van der Waals surface area contributed by atoms with E-state index in [0.717, 1.165) is 62.3 Å². The monoisotopic (exact) mass is 974 g/mol. The Morgan fingerprint density at radius 3 is 0.926 bits per heavy atom. The predicted molar refractivity (Wildman–Crippen MR) is 245 cm³/mol. The highest BCUT2D eigenvalue weighted by molar-refractivity contribution is 9.93. The zero-order valence-electron chi connectivity index (χ0n) is 31.7. The largest absolute Gasteiger partial charge is 0.205 e. The first-order valence-electron chi connectivity index (χ1n) is 19.0. The molecular weight excluding hydrogens is 924 g/mol. The Kier molecular flexibility index (Phi) is 20.5. The molecule has 0 saturated heterocycles. The van der Waals surface area contributed by atoms with Crippen LogP contribution in [0.25, 0.3) is 22.3 Å². The summed E-state index contributed by atoms with van der Waals surface area (Å²) in [7, 11) is 0. The van der Waals surface area contributed by atoms with Gasteiger partial charge in [-0.3, -0.25) is 0 Å². The van der Waals surface area contributed by atoms with E-state index in [-0.39, 0.29) is 0 Å². The summed E-state index contributed by atoms with van der Waals surface area (Å²) in [6, 6.07) is 44.6. The van der Waals surface area contributed by atoms with Crippen LogP contribution in [0.1, 0.15) is 59.1 Å². The first-order valence-corrected chi connectivity index (χ1v) is 25.0. The molecule has 0 unspecified atom stereocenters. The molecule has 2 aromatic heterocycles. The number of alkyl halides is 2. The maximum atomic E-state index is 3.48. The van der Waals surface area contributed by atoms with Crippen molar-refractivity contribution in [2.24, 2.45) is 0 Å². The van der Waals surface area contributed by atoms with E-state index in [9.17, 15) is 0 Å². The maximum Gasteiger partial charge on any atom is 0.171 e. The molecule has 0 N–H and O–H groups in total. The van der Waals surface area contributed by atoms with Crippen LogP contribution in [0.5, 0.6) is 0 Å². The number of pyridine rings is 2. The second-order valence-corrected chi connectivity index (χ2v) is 15.4. The quantitative estimate of drug-likeness (QED) is 0.0674. The van der Waals surface area contributed by atoms with E-state index in [0.29, 0.717) is 0 Å². The average Bonchev–Trinajstić information content (AvgIpc) is 3.21. The minimum atomic E-state index is 1.06. The van der Waals surface area contributed by atoms with Crippen molar-refractivity contribution in [1.82, 2.24) is 0 Å². The fraction of sp³-hybridized carbons (Fsp3) is 0.292. The lowest BCUT2D eigenvalue weighted by molar-refractivity contribution is -0.697. The summed E-state index contributed by atoms with van der Waals surface area (Å²) >= 11 is 12.5. The average molecular weight is 979 g/mol. The topological polar surface area (TPSA) is 7.76 Å². The Hall–Kier alpha value is -2.90. The Morgan fingerprint density at radius 1 is 0.389 bits per heavy atom. The molecule has 0 aliphatic heterocycles. The summed E-state index contributed by atoms with van der Waals surface area (Å²) in [5.74, 6) is 0. The summed E-state index contributed by atoms with van der Waals surface area (Å²) in [4.78, 5) is 0. The third-order valence-corrected chi connectivity index (χ3v) is 10.6. The van der Waals surface area contributed by atoms with Gasteiger partial charge in [0.15, 0.2) is 24.8 Å². The van der Waals surface area contributed by atoms with E-state index in [2.05, 4.69) is 229 Å². The Balaban J connectivity index is 0.000000254. The van der Waals surface area contributed by atoms with Crippen LogP contribution in [0.4, 0.5) is 0 Å². The molecule has 6 heteroatoms. The van der Waals surface area contributed by atoms with Crippen molar-refractivity contribution in [3.05, 3.63) is 179 Å². The third kappa shape index (κ3) is 15.7. The Labute approximate surface area is 357 Å². The smallest absolute Gasteiger partial charge is 0.171 e. The highest BCUT2D eigenvalue weighted by Crippen LogP contribution is 2.23. The first kappa shape index (κ1) is 43.8. The van der Waals surface area contributed by atoms with Crippen molar-refractivity contribution in [3.63, 3.8) is 0 Å². The molecular formula is C48H54Br4N2+2. The van der Waals surface area contributed by atoms with Gasteiger partial charge in [0.1, 0.15) is 13.1 Å².